The van der Waals surface area contributed by atoms with E-state index in [1.54, 1.807) is 25.2 Å². The molecular formula is C31H38N2O4. The third-order valence-electron chi connectivity index (χ3n) is 6.35. The maximum absolute atomic E-state index is 13.9. The van der Waals surface area contributed by atoms with Gasteiger partial charge in [-0.05, 0) is 35.2 Å². The Morgan fingerprint density at radius 1 is 0.811 bits per heavy atom. The van der Waals surface area contributed by atoms with Gasteiger partial charge >= 0.3 is 0 Å². The Hall–Kier alpha value is -3.80. The van der Waals surface area contributed by atoms with Crippen LogP contribution < -0.4 is 14.8 Å². The van der Waals surface area contributed by atoms with Gasteiger partial charge in [-0.3, -0.25) is 9.59 Å². The molecule has 0 unspecified atom stereocenters. The van der Waals surface area contributed by atoms with Crippen LogP contribution in [-0.2, 0) is 29.0 Å². The molecule has 2 amide bonds. The Kier molecular flexibility index (Phi) is 11.0. The van der Waals surface area contributed by atoms with Crippen molar-refractivity contribution in [2.45, 2.75) is 51.6 Å². The Morgan fingerprint density at radius 2 is 1.46 bits per heavy atom. The first-order valence-electron chi connectivity index (χ1n) is 12.9. The summed E-state index contributed by atoms with van der Waals surface area (Å²) in [4.78, 5) is 29.1. The molecule has 3 aromatic carbocycles. The monoisotopic (exact) mass is 502 g/mol. The van der Waals surface area contributed by atoms with Crippen LogP contribution in [0.25, 0.3) is 0 Å². The molecule has 3 aromatic rings. The highest BCUT2D eigenvalue weighted by Gasteiger charge is 2.30. The van der Waals surface area contributed by atoms with Crippen molar-refractivity contribution in [3.05, 3.63) is 95.6 Å². The van der Waals surface area contributed by atoms with Gasteiger partial charge < -0.3 is 19.7 Å². The lowest BCUT2D eigenvalue weighted by atomic mass is 10.0. The number of ether oxygens (including phenoxy) is 2. The molecule has 0 saturated carbocycles. The molecule has 196 valence electrons. The van der Waals surface area contributed by atoms with Gasteiger partial charge in [-0.1, -0.05) is 86.5 Å². The number of hydrogen-bond acceptors (Lipinski definition) is 4. The zero-order valence-corrected chi connectivity index (χ0v) is 22.1. The first-order chi connectivity index (χ1) is 18.0. The van der Waals surface area contributed by atoms with Gasteiger partial charge in [-0.15, -0.1) is 0 Å². The molecule has 1 N–H and O–H groups in total. The van der Waals surface area contributed by atoms with Crippen molar-refractivity contribution in [1.29, 1.82) is 0 Å². The predicted octanol–water partition coefficient (Wildman–Crippen LogP) is 5.19. The van der Waals surface area contributed by atoms with Crippen LogP contribution in [0.2, 0.25) is 0 Å². The van der Waals surface area contributed by atoms with Crippen molar-refractivity contribution in [3.8, 4) is 11.5 Å². The van der Waals surface area contributed by atoms with Crippen molar-refractivity contribution in [1.82, 2.24) is 10.2 Å². The van der Waals surface area contributed by atoms with Crippen LogP contribution >= 0.6 is 0 Å². The maximum Gasteiger partial charge on any atom is 0.243 e. The molecule has 0 aromatic heterocycles. The van der Waals surface area contributed by atoms with Crippen molar-refractivity contribution in [2.24, 2.45) is 0 Å². The normalized spacial score (nSPS) is 11.4. The highest BCUT2D eigenvalue weighted by molar-refractivity contribution is 5.88. The van der Waals surface area contributed by atoms with Gasteiger partial charge in [0.25, 0.3) is 0 Å². The molecule has 0 aliphatic rings. The number of rotatable bonds is 14. The van der Waals surface area contributed by atoms with Crippen LogP contribution in [0.5, 0.6) is 11.5 Å². The molecule has 3 rings (SSSR count). The van der Waals surface area contributed by atoms with E-state index in [1.807, 2.05) is 72.8 Å². The largest absolute Gasteiger partial charge is 0.493 e. The summed E-state index contributed by atoms with van der Waals surface area (Å²) in [5.41, 5.74) is 2.77. The second kappa shape index (κ2) is 14.7. The lowest BCUT2D eigenvalue weighted by molar-refractivity contribution is -0.140. The highest BCUT2D eigenvalue weighted by atomic mass is 16.5. The molecule has 6 heteroatoms. The van der Waals surface area contributed by atoms with E-state index in [1.165, 1.54) is 0 Å². The maximum atomic E-state index is 13.9. The van der Waals surface area contributed by atoms with Crippen LogP contribution in [0.4, 0.5) is 0 Å². The Labute approximate surface area is 220 Å². The fourth-order valence-corrected chi connectivity index (χ4v) is 4.31. The fourth-order valence-electron chi connectivity index (χ4n) is 4.31. The second-order valence-corrected chi connectivity index (χ2v) is 9.08. The van der Waals surface area contributed by atoms with Gasteiger partial charge in [-0.25, -0.2) is 0 Å². The van der Waals surface area contributed by atoms with E-state index in [2.05, 4.69) is 12.2 Å². The van der Waals surface area contributed by atoms with Gasteiger partial charge in [0.15, 0.2) is 11.5 Å². The fraction of sp³-hybridized carbons (Fsp3) is 0.355. The molecule has 0 heterocycles. The van der Waals surface area contributed by atoms with Crippen LogP contribution in [0.1, 0.15) is 42.9 Å². The number of nitrogens with one attached hydrogen (secondary N) is 1. The predicted molar refractivity (Wildman–Crippen MR) is 147 cm³/mol. The number of methoxy groups -OCH3 is 2. The van der Waals surface area contributed by atoms with Crippen molar-refractivity contribution in [2.75, 3.05) is 20.8 Å². The lowest BCUT2D eigenvalue weighted by Crippen LogP contribution is -2.51. The van der Waals surface area contributed by atoms with E-state index >= 15 is 0 Å². The lowest BCUT2D eigenvalue weighted by Gasteiger charge is -2.32. The van der Waals surface area contributed by atoms with Crippen LogP contribution in [-0.4, -0.2) is 43.5 Å². The molecule has 37 heavy (non-hydrogen) atoms. The molecule has 0 radical (unpaired) electrons. The number of unbranched alkanes of at least 4 members (excludes halogenated alkanes) is 2. The third kappa shape index (κ3) is 8.38. The molecule has 0 aliphatic heterocycles. The summed E-state index contributed by atoms with van der Waals surface area (Å²) in [6.45, 7) is 3.07. The third-order valence-corrected chi connectivity index (χ3v) is 6.35. The first kappa shape index (κ1) is 27.8. The Balaban J connectivity index is 1.92. The minimum atomic E-state index is -0.642. The van der Waals surface area contributed by atoms with Gasteiger partial charge in [0.05, 0.1) is 20.6 Å². The quantitative estimate of drug-likeness (QED) is 0.308. The first-order valence-corrected chi connectivity index (χ1v) is 12.9. The van der Waals surface area contributed by atoms with Gasteiger partial charge in [0.1, 0.15) is 6.04 Å². The number of carbonyl (C=O) groups excluding carboxylic acids is 2. The summed E-state index contributed by atoms with van der Waals surface area (Å²) in [6.07, 6.45) is 3.62. The van der Waals surface area contributed by atoms with Crippen molar-refractivity contribution in [3.63, 3.8) is 0 Å². The SMILES string of the molecule is CCCCCNC(=O)[C@@H](Cc1ccccc1)N(Cc1ccccc1)C(=O)Cc1ccc(OC)c(OC)c1. The van der Waals surface area contributed by atoms with Gasteiger partial charge in [0, 0.05) is 19.5 Å². The molecule has 0 saturated heterocycles. The average Bonchev–Trinajstić information content (AvgIpc) is 2.93. The minimum Gasteiger partial charge on any atom is -0.493 e. The zero-order chi connectivity index (χ0) is 26.5. The number of benzene rings is 3. The molecule has 0 fully saturated rings. The van der Waals surface area contributed by atoms with Crippen LogP contribution in [0.3, 0.4) is 0 Å². The molecule has 0 aliphatic carbocycles. The molecule has 0 spiro atoms. The Morgan fingerprint density at radius 3 is 2.08 bits per heavy atom. The highest BCUT2D eigenvalue weighted by Crippen LogP contribution is 2.28. The van der Waals surface area contributed by atoms with E-state index in [9.17, 15) is 9.59 Å². The van der Waals surface area contributed by atoms with E-state index < -0.39 is 6.04 Å². The summed E-state index contributed by atoms with van der Waals surface area (Å²) in [6, 6.07) is 24.5. The van der Waals surface area contributed by atoms with Crippen molar-refractivity contribution >= 4 is 11.8 Å². The van der Waals surface area contributed by atoms with E-state index in [4.69, 9.17) is 9.47 Å². The molecular weight excluding hydrogens is 464 g/mol. The van der Waals surface area contributed by atoms with E-state index in [0.717, 1.165) is 36.0 Å². The van der Waals surface area contributed by atoms with Gasteiger partial charge in [0.2, 0.25) is 11.8 Å². The van der Waals surface area contributed by atoms with E-state index in [0.29, 0.717) is 31.0 Å². The summed E-state index contributed by atoms with van der Waals surface area (Å²) in [7, 11) is 3.15. The Bertz CT molecular complexity index is 1120. The average molecular weight is 503 g/mol. The molecule has 6 nitrogen and oxygen atoms in total. The van der Waals surface area contributed by atoms with Crippen LogP contribution in [0.15, 0.2) is 78.9 Å². The summed E-state index contributed by atoms with van der Waals surface area (Å²) >= 11 is 0. The topological polar surface area (TPSA) is 67.9 Å². The minimum absolute atomic E-state index is 0.124. The molecule has 1 atom stereocenters. The standard InChI is InChI=1S/C31H38N2O4/c1-4-5-12-19-32-31(35)27(20-24-13-8-6-9-14-24)33(23-25-15-10-7-11-16-25)30(34)22-26-17-18-28(36-2)29(21-26)37-3/h6-11,13-18,21,27H,4-5,12,19-20,22-23H2,1-3H3,(H,32,35)/t27-/m1/s1. The molecule has 0 bridgehead atoms. The number of carbonyl (C=O) groups is 2. The number of nitrogens with zero attached hydrogens (tertiary/aromatic N) is 1. The zero-order valence-electron chi connectivity index (χ0n) is 22.1. The van der Waals surface area contributed by atoms with Crippen molar-refractivity contribution < 1.29 is 19.1 Å². The smallest absolute Gasteiger partial charge is 0.243 e. The summed E-state index contributed by atoms with van der Waals surface area (Å²) < 4.78 is 10.8. The van der Waals surface area contributed by atoms with E-state index in [-0.39, 0.29) is 18.2 Å². The number of hydrogen-bond donors (Lipinski definition) is 1. The van der Waals surface area contributed by atoms with Gasteiger partial charge in [-0.2, -0.15) is 0 Å². The summed E-state index contributed by atoms with van der Waals surface area (Å²) in [5, 5.41) is 3.09. The number of amides is 2. The second-order valence-electron chi connectivity index (χ2n) is 9.08. The van der Waals surface area contributed by atoms with Crippen LogP contribution in [0, 0.1) is 0 Å². The summed E-state index contributed by atoms with van der Waals surface area (Å²) in [5.74, 6) is 0.919.